The lowest BCUT2D eigenvalue weighted by atomic mass is 10.2. The molecule has 0 bridgehead atoms. The van der Waals surface area contributed by atoms with Gasteiger partial charge < -0.3 is 0 Å². The zero-order chi connectivity index (χ0) is 7.11. The lowest BCUT2D eigenvalue weighted by Gasteiger charge is -1.85. The van der Waals surface area contributed by atoms with Crippen molar-refractivity contribution in [3.05, 3.63) is 23.8 Å². The molecule has 0 spiro atoms. The van der Waals surface area contributed by atoms with Gasteiger partial charge in [-0.25, -0.2) is 4.39 Å². The van der Waals surface area contributed by atoms with E-state index in [0.29, 0.717) is 0 Å². The summed E-state index contributed by atoms with van der Waals surface area (Å²) in [4.78, 5) is 0. The van der Waals surface area contributed by atoms with Crippen molar-refractivity contribution in [2.45, 2.75) is 20.3 Å². The summed E-state index contributed by atoms with van der Waals surface area (Å²) in [5, 5.41) is 0. The molecule has 0 saturated heterocycles. The second-order valence-corrected chi connectivity index (χ2v) is 1.91. The highest BCUT2D eigenvalue weighted by Gasteiger charge is 1.77. The van der Waals surface area contributed by atoms with Crippen LogP contribution in [-0.4, -0.2) is 6.67 Å². The monoisotopic (exact) mass is 128 g/mol. The van der Waals surface area contributed by atoms with E-state index in [1.807, 2.05) is 19.1 Å². The Kier molecular flexibility index (Phi) is 5.18. The highest BCUT2D eigenvalue weighted by Crippen LogP contribution is 1.95. The molecule has 0 amide bonds. The van der Waals surface area contributed by atoms with Gasteiger partial charge in [0.2, 0.25) is 0 Å². The fourth-order valence-corrected chi connectivity index (χ4v) is 0.493. The van der Waals surface area contributed by atoms with Gasteiger partial charge in [-0.15, -0.1) is 0 Å². The summed E-state index contributed by atoms with van der Waals surface area (Å²) in [6.45, 7) is 3.59. The second kappa shape index (κ2) is 5.54. The molecule has 0 radical (unpaired) electrons. The number of alkyl halides is 1. The Bertz CT molecular complexity index is 112. The fraction of sp³-hybridized carbons (Fsp3) is 0.500. The van der Waals surface area contributed by atoms with Gasteiger partial charge in [0.25, 0.3) is 0 Å². The molecular weight excluding hydrogens is 115 g/mol. The third-order valence-corrected chi connectivity index (χ3v) is 1.02. The van der Waals surface area contributed by atoms with Crippen LogP contribution >= 0.6 is 0 Å². The zero-order valence-electron chi connectivity index (χ0n) is 6.02. The molecule has 0 aliphatic carbocycles. The Balaban J connectivity index is 3.60. The van der Waals surface area contributed by atoms with Crippen molar-refractivity contribution in [2.75, 3.05) is 6.67 Å². The van der Waals surface area contributed by atoms with Crippen molar-refractivity contribution >= 4 is 0 Å². The Morgan fingerprint density at radius 3 is 2.67 bits per heavy atom. The van der Waals surface area contributed by atoms with Gasteiger partial charge >= 0.3 is 0 Å². The molecule has 0 aromatic carbocycles. The number of rotatable bonds is 3. The lowest BCUT2D eigenvalue weighted by molar-refractivity contribution is 0.560. The van der Waals surface area contributed by atoms with Gasteiger partial charge in [0.15, 0.2) is 0 Å². The van der Waals surface area contributed by atoms with Gasteiger partial charge in [0.05, 0.1) is 0 Å². The minimum atomic E-state index is -0.361. The topological polar surface area (TPSA) is 0 Å². The van der Waals surface area contributed by atoms with Crippen LogP contribution in [0.15, 0.2) is 23.8 Å². The quantitative estimate of drug-likeness (QED) is 0.513. The highest BCUT2D eigenvalue weighted by molar-refractivity contribution is 5.15. The maximum Gasteiger partial charge on any atom is 0.108 e. The van der Waals surface area contributed by atoms with Crippen LogP contribution in [0.3, 0.4) is 0 Å². The molecule has 0 rings (SSSR count). The third-order valence-electron chi connectivity index (χ3n) is 1.02. The minimum absolute atomic E-state index is 0.361. The van der Waals surface area contributed by atoms with Gasteiger partial charge in [0.1, 0.15) is 6.67 Å². The molecule has 0 atom stereocenters. The lowest BCUT2D eigenvalue weighted by Crippen LogP contribution is -1.69. The van der Waals surface area contributed by atoms with Gasteiger partial charge in [-0.1, -0.05) is 30.7 Å². The van der Waals surface area contributed by atoms with E-state index in [1.165, 1.54) is 0 Å². The SMILES string of the molecule is CC/C=C\C(C)=C/CF. The first-order valence-electron chi connectivity index (χ1n) is 3.20. The van der Waals surface area contributed by atoms with Crippen molar-refractivity contribution in [1.82, 2.24) is 0 Å². The summed E-state index contributed by atoms with van der Waals surface area (Å²) in [7, 11) is 0. The summed E-state index contributed by atoms with van der Waals surface area (Å²) < 4.78 is 11.6. The number of hydrogen-bond acceptors (Lipinski definition) is 0. The average molecular weight is 128 g/mol. The highest BCUT2D eigenvalue weighted by atomic mass is 19.1. The molecule has 9 heavy (non-hydrogen) atoms. The first kappa shape index (κ1) is 8.41. The predicted molar refractivity (Wildman–Crippen MR) is 39.2 cm³/mol. The normalized spacial score (nSPS) is 13.0. The van der Waals surface area contributed by atoms with Crippen LogP contribution in [0.4, 0.5) is 4.39 Å². The Morgan fingerprint density at radius 2 is 2.22 bits per heavy atom. The van der Waals surface area contributed by atoms with Crippen LogP contribution in [0, 0.1) is 0 Å². The molecule has 0 aromatic rings. The molecule has 0 fully saturated rings. The van der Waals surface area contributed by atoms with Gasteiger partial charge in [-0.05, 0) is 13.3 Å². The summed E-state index contributed by atoms with van der Waals surface area (Å²) in [5.74, 6) is 0. The van der Waals surface area contributed by atoms with E-state index in [2.05, 4.69) is 6.92 Å². The van der Waals surface area contributed by atoms with Crippen LogP contribution < -0.4 is 0 Å². The maximum absolute atomic E-state index is 11.6. The van der Waals surface area contributed by atoms with Gasteiger partial charge in [-0.2, -0.15) is 0 Å². The van der Waals surface area contributed by atoms with Crippen molar-refractivity contribution in [1.29, 1.82) is 0 Å². The zero-order valence-corrected chi connectivity index (χ0v) is 6.02. The summed E-state index contributed by atoms with van der Waals surface area (Å²) in [6.07, 6.45) is 6.52. The summed E-state index contributed by atoms with van der Waals surface area (Å²) >= 11 is 0. The number of hydrogen-bond donors (Lipinski definition) is 0. The maximum atomic E-state index is 11.6. The van der Waals surface area contributed by atoms with Gasteiger partial charge in [0, 0.05) is 0 Å². The van der Waals surface area contributed by atoms with Crippen LogP contribution in [0.2, 0.25) is 0 Å². The van der Waals surface area contributed by atoms with Crippen LogP contribution in [0.5, 0.6) is 0 Å². The van der Waals surface area contributed by atoms with Crippen LogP contribution in [0.25, 0.3) is 0 Å². The molecule has 0 aromatic heterocycles. The third kappa shape index (κ3) is 5.28. The second-order valence-electron chi connectivity index (χ2n) is 1.91. The van der Waals surface area contributed by atoms with Crippen molar-refractivity contribution in [3.8, 4) is 0 Å². The van der Waals surface area contributed by atoms with E-state index in [9.17, 15) is 4.39 Å². The fourth-order valence-electron chi connectivity index (χ4n) is 0.493. The Labute approximate surface area is 56.1 Å². The standard InChI is InChI=1S/C8H13F/c1-3-4-5-8(2)6-7-9/h4-6H,3,7H2,1-2H3/b5-4-,8-6-. The molecule has 0 N–H and O–H groups in total. The van der Waals surface area contributed by atoms with Crippen LogP contribution in [-0.2, 0) is 0 Å². The van der Waals surface area contributed by atoms with Crippen molar-refractivity contribution in [3.63, 3.8) is 0 Å². The number of allylic oxidation sites excluding steroid dienone is 4. The van der Waals surface area contributed by atoms with E-state index in [4.69, 9.17) is 0 Å². The predicted octanol–water partition coefficient (Wildman–Crippen LogP) is 2.87. The molecule has 0 aliphatic rings. The van der Waals surface area contributed by atoms with E-state index in [-0.39, 0.29) is 6.67 Å². The van der Waals surface area contributed by atoms with E-state index in [1.54, 1.807) is 6.08 Å². The van der Waals surface area contributed by atoms with Crippen molar-refractivity contribution < 1.29 is 4.39 Å². The molecule has 0 unspecified atom stereocenters. The minimum Gasteiger partial charge on any atom is -0.247 e. The number of halogens is 1. The molecule has 1 heteroatoms. The molecule has 52 valence electrons. The van der Waals surface area contributed by atoms with E-state index < -0.39 is 0 Å². The first-order valence-corrected chi connectivity index (χ1v) is 3.20. The molecule has 0 saturated carbocycles. The van der Waals surface area contributed by atoms with E-state index >= 15 is 0 Å². The molecule has 0 aliphatic heterocycles. The van der Waals surface area contributed by atoms with Gasteiger partial charge in [-0.3, -0.25) is 0 Å². The van der Waals surface area contributed by atoms with E-state index in [0.717, 1.165) is 12.0 Å². The Hall–Kier alpha value is -0.590. The summed E-state index contributed by atoms with van der Waals surface area (Å²) in [5.41, 5.74) is 0.999. The smallest absolute Gasteiger partial charge is 0.108 e. The Morgan fingerprint density at radius 1 is 1.56 bits per heavy atom. The largest absolute Gasteiger partial charge is 0.247 e. The average Bonchev–Trinajstić information content (AvgIpc) is 1.85. The van der Waals surface area contributed by atoms with Crippen LogP contribution in [0.1, 0.15) is 20.3 Å². The summed E-state index contributed by atoms with van der Waals surface area (Å²) in [6, 6.07) is 0. The molecular formula is C8H13F. The molecule has 0 nitrogen and oxygen atoms in total. The van der Waals surface area contributed by atoms with Crippen molar-refractivity contribution in [2.24, 2.45) is 0 Å². The first-order chi connectivity index (χ1) is 4.31. The molecule has 0 heterocycles.